The lowest BCUT2D eigenvalue weighted by Gasteiger charge is -2.23. The van der Waals surface area contributed by atoms with Gasteiger partial charge in [0, 0.05) is 19.5 Å². The Morgan fingerprint density at radius 1 is 0.415 bits per heavy atom. The highest BCUT2D eigenvalue weighted by molar-refractivity contribution is 5.76. The first-order chi connectivity index (χ1) is 31.9. The molecule has 0 aromatic rings. The van der Waals surface area contributed by atoms with Gasteiger partial charge in [0.05, 0.1) is 0 Å². The summed E-state index contributed by atoms with van der Waals surface area (Å²) in [5.41, 5.74) is 0. The van der Waals surface area contributed by atoms with Gasteiger partial charge in [0.15, 0.2) is 0 Å². The Hall–Kier alpha value is -1.01. The van der Waals surface area contributed by atoms with E-state index in [0.29, 0.717) is 5.91 Å². The number of hydrogen-bond donors (Lipinski definition) is 1. The molecule has 0 aliphatic rings. The molecule has 0 rings (SSSR count). The van der Waals surface area contributed by atoms with Crippen LogP contribution < -0.4 is 5.32 Å². The maximum absolute atomic E-state index is 12.6. The van der Waals surface area contributed by atoms with Crippen molar-refractivity contribution in [3.63, 3.8) is 0 Å². The van der Waals surface area contributed by atoms with E-state index in [1.165, 1.54) is 238 Å². The fourth-order valence-corrected chi connectivity index (χ4v) is 8.41. The van der Waals surface area contributed by atoms with Crippen molar-refractivity contribution in [2.45, 2.75) is 347 Å². The number of amides is 1. The summed E-state index contributed by atoms with van der Waals surface area (Å²) < 4.78 is 0. The monoisotopic (exact) mass is 921 g/mol. The standard InChI is InChI=1S/C32H66N2O.C20H42.C3H8.C3H4.2C2H6/c1-5-8-11-21-27-32(35)34(30-23-28-33-4)29-22-19-17-15-13-12-14-16-18-20-26-31(24-9-6-2)25-10-7-3;1-4-7-10-12-13-14-16-19-20(17-9-6-3)18-15-11-8-5-2;2*1-3-2;2*1-2/h31,33H,5-30H2,1-4H3;20H,4-19H2,1-3H3;3H2,1-2H3;1H,2H3;2*1-2H3. The van der Waals surface area contributed by atoms with Gasteiger partial charge in [-0.25, -0.2) is 0 Å². The Morgan fingerprint density at radius 3 is 0.985 bits per heavy atom. The molecule has 3 heteroatoms. The number of terminal acetylenes is 1. The molecule has 3 nitrogen and oxygen atoms in total. The highest BCUT2D eigenvalue weighted by atomic mass is 16.2. The van der Waals surface area contributed by atoms with Crippen LogP contribution in [0.25, 0.3) is 0 Å². The summed E-state index contributed by atoms with van der Waals surface area (Å²) in [6.07, 6.45) is 59.5. The van der Waals surface area contributed by atoms with Crippen molar-refractivity contribution in [2.75, 3.05) is 26.7 Å². The van der Waals surface area contributed by atoms with E-state index in [2.05, 4.69) is 78.0 Å². The minimum atomic E-state index is 0.388. The van der Waals surface area contributed by atoms with Gasteiger partial charge < -0.3 is 10.2 Å². The SMILES string of the molecule is C#CC.CC.CC.CCC.CCCCCCC(=O)N(CCCCCCCCCCCCC(CCCC)CCCC)CCCNC.CCCCCCCCCC(CCCC)CCCCCC. The van der Waals surface area contributed by atoms with Gasteiger partial charge >= 0.3 is 0 Å². The molecule has 0 heterocycles. The molecule has 1 N–H and O–H groups in total. The van der Waals surface area contributed by atoms with Crippen LogP contribution in [0.5, 0.6) is 0 Å². The zero-order chi connectivity index (χ0) is 50.1. The third-order valence-electron chi connectivity index (χ3n) is 12.3. The molecule has 0 saturated carbocycles. The molecule has 0 aliphatic heterocycles. The van der Waals surface area contributed by atoms with Crippen molar-refractivity contribution in [3.05, 3.63) is 0 Å². The van der Waals surface area contributed by atoms with Crippen LogP contribution in [0.3, 0.4) is 0 Å². The largest absolute Gasteiger partial charge is 0.343 e. The van der Waals surface area contributed by atoms with Crippen molar-refractivity contribution in [1.82, 2.24) is 10.2 Å². The van der Waals surface area contributed by atoms with E-state index in [-0.39, 0.29) is 0 Å². The van der Waals surface area contributed by atoms with Gasteiger partial charge in [0.25, 0.3) is 0 Å². The van der Waals surface area contributed by atoms with Crippen LogP contribution in [0.4, 0.5) is 0 Å². The molecule has 0 spiro atoms. The summed E-state index contributed by atoms with van der Waals surface area (Å²) in [7, 11) is 2.00. The minimum absolute atomic E-state index is 0.388. The average molecular weight is 922 g/mol. The Kier molecular flexibility index (Phi) is 89.7. The van der Waals surface area contributed by atoms with Gasteiger partial charge in [-0.1, -0.05) is 314 Å². The molecule has 0 bridgehead atoms. The molecular weight excluding hydrogens is 789 g/mol. The zero-order valence-corrected chi connectivity index (χ0v) is 48.5. The fourth-order valence-electron chi connectivity index (χ4n) is 8.41. The number of unbranched alkanes of at least 4 members (excludes halogenated alkanes) is 24. The topological polar surface area (TPSA) is 32.3 Å². The highest BCUT2D eigenvalue weighted by Gasteiger charge is 2.13. The number of carbonyl (C=O) groups is 1. The van der Waals surface area contributed by atoms with E-state index in [9.17, 15) is 4.79 Å². The zero-order valence-electron chi connectivity index (χ0n) is 48.5. The highest BCUT2D eigenvalue weighted by Crippen LogP contribution is 2.25. The third kappa shape index (κ3) is 74.7. The first-order valence-corrected chi connectivity index (χ1v) is 30.2. The number of nitrogens with zero attached hydrogens (tertiary/aromatic N) is 1. The lowest BCUT2D eigenvalue weighted by molar-refractivity contribution is -0.131. The summed E-state index contributed by atoms with van der Waals surface area (Å²) in [6.45, 7) is 30.6. The van der Waals surface area contributed by atoms with Gasteiger partial charge in [-0.15, -0.1) is 12.3 Å². The second-order valence-electron chi connectivity index (χ2n) is 18.9. The Morgan fingerprint density at radius 2 is 0.662 bits per heavy atom. The fraction of sp³-hybridized carbons (Fsp3) is 0.952. The number of rotatable bonds is 44. The summed E-state index contributed by atoms with van der Waals surface area (Å²) in [5, 5.41) is 3.21. The van der Waals surface area contributed by atoms with Crippen LogP contribution >= 0.6 is 0 Å². The summed E-state index contributed by atoms with van der Waals surface area (Å²) in [4.78, 5) is 14.8. The molecule has 0 fully saturated rings. The van der Waals surface area contributed by atoms with E-state index in [4.69, 9.17) is 0 Å². The average Bonchev–Trinajstić information content (AvgIpc) is 3.32. The Balaban J connectivity index is -0.000000244. The molecule has 65 heavy (non-hydrogen) atoms. The van der Waals surface area contributed by atoms with Crippen LogP contribution in [0.1, 0.15) is 347 Å². The third-order valence-corrected chi connectivity index (χ3v) is 12.3. The molecule has 396 valence electrons. The van der Waals surface area contributed by atoms with E-state index in [1.807, 2.05) is 34.7 Å². The summed E-state index contributed by atoms with van der Waals surface area (Å²) in [6, 6.07) is 0. The van der Waals surface area contributed by atoms with Gasteiger partial charge in [-0.05, 0) is 51.6 Å². The van der Waals surface area contributed by atoms with E-state index in [1.54, 1.807) is 6.92 Å². The summed E-state index contributed by atoms with van der Waals surface area (Å²) in [5.74, 6) is 4.69. The maximum Gasteiger partial charge on any atom is 0.222 e. The number of hydrogen-bond acceptors (Lipinski definition) is 2. The quantitative estimate of drug-likeness (QED) is 0.0488. The molecule has 0 aromatic carbocycles. The maximum atomic E-state index is 12.6. The normalized spacial score (nSPS) is 10.7. The molecule has 1 amide bonds. The van der Waals surface area contributed by atoms with Gasteiger partial charge in [-0.2, -0.15) is 0 Å². The van der Waals surface area contributed by atoms with Crippen molar-refractivity contribution < 1.29 is 4.79 Å². The lowest BCUT2D eigenvalue weighted by Crippen LogP contribution is -2.34. The van der Waals surface area contributed by atoms with E-state index >= 15 is 0 Å². The molecule has 0 saturated heterocycles. The number of nitrogens with one attached hydrogen (secondary N) is 1. The van der Waals surface area contributed by atoms with Gasteiger partial charge in [-0.3, -0.25) is 4.79 Å². The molecule has 1 atom stereocenters. The molecular formula is C62H132N2O. The Labute approximate surface area is 417 Å². The lowest BCUT2D eigenvalue weighted by atomic mass is 9.90. The minimum Gasteiger partial charge on any atom is -0.343 e. The molecule has 0 aliphatic carbocycles. The second kappa shape index (κ2) is 77.2. The predicted octanol–water partition coefficient (Wildman–Crippen LogP) is 21.7. The van der Waals surface area contributed by atoms with Crippen molar-refractivity contribution >= 4 is 5.91 Å². The van der Waals surface area contributed by atoms with Gasteiger partial charge in [0.2, 0.25) is 5.91 Å². The summed E-state index contributed by atoms with van der Waals surface area (Å²) >= 11 is 0. The second-order valence-corrected chi connectivity index (χ2v) is 18.9. The molecule has 0 aromatic heterocycles. The first kappa shape index (κ1) is 75.5. The smallest absolute Gasteiger partial charge is 0.222 e. The van der Waals surface area contributed by atoms with E-state index in [0.717, 1.165) is 50.7 Å². The van der Waals surface area contributed by atoms with Crippen LogP contribution in [-0.2, 0) is 4.79 Å². The predicted molar refractivity (Wildman–Crippen MR) is 305 cm³/mol. The van der Waals surface area contributed by atoms with Crippen molar-refractivity contribution in [2.24, 2.45) is 11.8 Å². The Bertz CT molecular complexity index is 782. The number of carbonyl (C=O) groups excluding carboxylic acids is 1. The first-order valence-electron chi connectivity index (χ1n) is 30.2. The van der Waals surface area contributed by atoms with Crippen molar-refractivity contribution in [1.29, 1.82) is 0 Å². The van der Waals surface area contributed by atoms with Crippen LogP contribution in [0.15, 0.2) is 0 Å². The molecule has 0 radical (unpaired) electrons. The van der Waals surface area contributed by atoms with Crippen molar-refractivity contribution in [3.8, 4) is 12.3 Å². The van der Waals surface area contributed by atoms with Crippen LogP contribution in [0, 0.1) is 24.2 Å². The van der Waals surface area contributed by atoms with Crippen LogP contribution in [-0.4, -0.2) is 37.5 Å². The van der Waals surface area contributed by atoms with Crippen LogP contribution in [0.2, 0.25) is 0 Å². The van der Waals surface area contributed by atoms with Gasteiger partial charge in [0.1, 0.15) is 0 Å². The molecule has 1 unspecified atom stereocenters. The van der Waals surface area contributed by atoms with E-state index < -0.39 is 0 Å².